The van der Waals surface area contributed by atoms with Gasteiger partial charge in [0.05, 0.1) is 5.25 Å². The summed E-state index contributed by atoms with van der Waals surface area (Å²) in [6.07, 6.45) is 5.59. The number of hydrogen-bond donors (Lipinski definition) is 1. The highest BCUT2D eigenvalue weighted by atomic mass is 32.2. The molecule has 108 valence electrons. The van der Waals surface area contributed by atoms with E-state index in [0.29, 0.717) is 6.54 Å². The van der Waals surface area contributed by atoms with Crippen molar-refractivity contribution in [3.05, 3.63) is 0 Å². The average Bonchev–Trinajstić information content (AvgIpc) is 2.38. The van der Waals surface area contributed by atoms with Crippen LogP contribution < -0.4 is 5.32 Å². The van der Waals surface area contributed by atoms with Crippen LogP contribution in [-0.2, 0) is 10.0 Å². The molecule has 0 aromatic carbocycles. The quantitative estimate of drug-likeness (QED) is 0.805. The van der Waals surface area contributed by atoms with Crippen LogP contribution in [0.5, 0.6) is 0 Å². The van der Waals surface area contributed by atoms with Crippen LogP contribution in [-0.4, -0.2) is 44.7 Å². The third-order valence-electron chi connectivity index (χ3n) is 4.31. The predicted molar refractivity (Wildman–Crippen MR) is 76.1 cm³/mol. The van der Waals surface area contributed by atoms with Gasteiger partial charge in [0.1, 0.15) is 0 Å². The van der Waals surface area contributed by atoms with E-state index in [4.69, 9.17) is 0 Å². The van der Waals surface area contributed by atoms with E-state index in [9.17, 15) is 8.42 Å². The second-order valence-corrected chi connectivity index (χ2v) is 7.92. The van der Waals surface area contributed by atoms with Gasteiger partial charge in [-0.25, -0.2) is 12.7 Å². The minimum atomic E-state index is -3.15. The van der Waals surface area contributed by atoms with Crippen LogP contribution in [0.1, 0.15) is 46.0 Å². The standard InChI is InChI=1S/C13H28N2O2S/c1-5-12-6-8-13(9-7-12)15(4)18(16,17)11(2)10-14-3/h11-14H,5-10H2,1-4H3. The van der Waals surface area contributed by atoms with Crippen molar-refractivity contribution in [1.29, 1.82) is 0 Å². The van der Waals surface area contributed by atoms with Crippen LogP contribution in [0.4, 0.5) is 0 Å². The molecule has 0 amide bonds. The summed E-state index contributed by atoms with van der Waals surface area (Å²) in [5.41, 5.74) is 0. The van der Waals surface area contributed by atoms with Crippen molar-refractivity contribution in [2.75, 3.05) is 20.6 Å². The molecule has 0 heterocycles. The third kappa shape index (κ3) is 3.68. The molecule has 0 saturated heterocycles. The summed E-state index contributed by atoms with van der Waals surface area (Å²) < 4.78 is 26.3. The summed E-state index contributed by atoms with van der Waals surface area (Å²) in [7, 11) is 0.384. The van der Waals surface area contributed by atoms with E-state index < -0.39 is 10.0 Å². The van der Waals surface area contributed by atoms with E-state index in [0.717, 1.165) is 18.8 Å². The Balaban J connectivity index is 2.61. The second kappa shape index (κ2) is 6.87. The molecule has 1 atom stereocenters. The van der Waals surface area contributed by atoms with Gasteiger partial charge in [-0.05, 0) is 45.6 Å². The van der Waals surface area contributed by atoms with Gasteiger partial charge in [-0.2, -0.15) is 0 Å². The fourth-order valence-corrected chi connectivity index (χ4v) is 4.37. The highest BCUT2D eigenvalue weighted by molar-refractivity contribution is 7.89. The summed E-state index contributed by atoms with van der Waals surface area (Å²) in [6, 6.07) is 0.206. The lowest BCUT2D eigenvalue weighted by Crippen LogP contribution is -2.45. The lowest BCUT2D eigenvalue weighted by Gasteiger charge is -2.35. The SMILES string of the molecule is CCC1CCC(N(C)S(=O)(=O)C(C)CNC)CC1. The Morgan fingerprint density at radius 1 is 1.28 bits per heavy atom. The van der Waals surface area contributed by atoms with Crippen LogP contribution in [0.3, 0.4) is 0 Å². The van der Waals surface area contributed by atoms with Gasteiger partial charge < -0.3 is 5.32 Å². The Bertz CT molecular complexity index is 335. The summed E-state index contributed by atoms with van der Waals surface area (Å²) in [4.78, 5) is 0. The normalized spacial score (nSPS) is 27.4. The monoisotopic (exact) mass is 276 g/mol. The molecule has 18 heavy (non-hydrogen) atoms. The molecule has 1 aliphatic rings. The number of nitrogens with zero attached hydrogens (tertiary/aromatic N) is 1. The number of hydrogen-bond acceptors (Lipinski definition) is 3. The van der Waals surface area contributed by atoms with Crippen molar-refractivity contribution in [3.63, 3.8) is 0 Å². The van der Waals surface area contributed by atoms with E-state index in [1.165, 1.54) is 19.3 Å². The first kappa shape index (κ1) is 15.9. The first-order chi connectivity index (χ1) is 8.43. The predicted octanol–water partition coefficient (Wildman–Crippen LogP) is 1.82. The minimum absolute atomic E-state index is 0.206. The molecular formula is C13H28N2O2S. The van der Waals surface area contributed by atoms with Crippen LogP contribution in [0.15, 0.2) is 0 Å². The average molecular weight is 276 g/mol. The smallest absolute Gasteiger partial charge is 0.217 e. The van der Waals surface area contributed by atoms with Gasteiger partial charge >= 0.3 is 0 Å². The van der Waals surface area contributed by atoms with Gasteiger partial charge in [0, 0.05) is 19.6 Å². The molecule has 0 spiro atoms. The lowest BCUT2D eigenvalue weighted by molar-refractivity contribution is 0.231. The molecule has 1 aliphatic carbocycles. The van der Waals surface area contributed by atoms with E-state index in [-0.39, 0.29) is 11.3 Å². The zero-order valence-corrected chi connectivity index (χ0v) is 13.0. The van der Waals surface area contributed by atoms with Gasteiger partial charge in [0.15, 0.2) is 0 Å². The third-order valence-corrected chi connectivity index (χ3v) is 6.59. The molecular weight excluding hydrogens is 248 g/mol. The van der Waals surface area contributed by atoms with Crippen molar-refractivity contribution >= 4 is 10.0 Å². The molecule has 0 aliphatic heterocycles. The Hall–Kier alpha value is -0.130. The Morgan fingerprint density at radius 2 is 1.83 bits per heavy atom. The van der Waals surface area contributed by atoms with Crippen LogP contribution >= 0.6 is 0 Å². The summed E-state index contributed by atoms with van der Waals surface area (Å²) in [6.45, 7) is 4.51. The molecule has 1 saturated carbocycles. The van der Waals surface area contributed by atoms with Gasteiger partial charge in [0.2, 0.25) is 10.0 Å². The Labute approximate surface area is 112 Å². The molecule has 1 rings (SSSR count). The van der Waals surface area contributed by atoms with Crippen molar-refractivity contribution in [3.8, 4) is 0 Å². The zero-order valence-electron chi connectivity index (χ0n) is 12.1. The highest BCUT2D eigenvalue weighted by Gasteiger charge is 2.32. The van der Waals surface area contributed by atoms with E-state index in [1.807, 2.05) is 0 Å². The summed E-state index contributed by atoms with van der Waals surface area (Å²) in [5, 5.41) is 2.59. The summed E-state index contributed by atoms with van der Waals surface area (Å²) >= 11 is 0. The molecule has 1 unspecified atom stereocenters. The number of nitrogens with one attached hydrogen (secondary N) is 1. The first-order valence-corrected chi connectivity index (χ1v) is 8.55. The molecule has 5 heteroatoms. The molecule has 0 radical (unpaired) electrons. The van der Waals surface area contributed by atoms with Crippen molar-refractivity contribution in [2.45, 2.75) is 57.2 Å². The molecule has 0 aromatic heterocycles. The van der Waals surface area contributed by atoms with Crippen molar-refractivity contribution < 1.29 is 8.42 Å². The van der Waals surface area contributed by atoms with Crippen LogP contribution in [0.25, 0.3) is 0 Å². The summed E-state index contributed by atoms with van der Waals surface area (Å²) in [5.74, 6) is 0.798. The molecule has 0 aromatic rings. The fourth-order valence-electron chi connectivity index (χ4n) is 2.80. The number of rotatable bonds is 6. The van der Waals surface area contributed by atoms with E-state index >= 15 is 0 Å². The van der Waals surface area contributed by atoms with Crippen molar-refractivity contribution in [2.24, 2.45) is 5.92 Å². The highest BCUT2D eigenvalue weighted by Crippen LogP contribution is 2.30. The van der Waals surface area contributed by atoms with Gasteiger partial charge in [0.25, 0.3) is 0 Å². The maximum Gasteiger partial charge on any atom is 0.217 e. The zero-order chi connectivity index (χ0) is 13.8. The molecule has 0 bridgehead atoms. The first-order valence-electron chi connectivity index (χ1n) is 7.04. The number of sulfonamides is 1. The Morgan fingerprint density at radius 3 is 2.28 bits per heavy atom. The molecule has 1 fully saturated rings. The van der Waals surface area contributed by atoms with E-state index in [2.05, 4.69) is 12.2 Å². The fraction of sp³-hybridized carbons (Fsp3) is 1.00. The van der Waals surface area contributed by atoms with Gasteiger partial charge in [-0.3, -0.25) is 0 Å². The minimum Gasteiger partial charge on any atom is -0.318 e. The maximum absolute atomic E-state index is 12.4. The second-order valence-electron chi connectivity index (χ2n) is 5.51. The lowest BCUT2D eigenvalue weighted by atomic mass is 9.85. The topological polar surface area (TPSA) is 49.4 Å². The Kier molecular flexibility index (Phi) is 6.08. The van der Waals surface area contributed by atoms with Crippen molar-refractivity contribution in [1.82, 2.24) is 9.62 Å². The van der Waals surface area contributed by atoms with Gasteiger partial charge in [-0.1, -0.05) is 13.3 Å². The largest absolute Gasteiger partial charge is 0.318 e. The molecule has 1 N–H and O–H groups in total. The maximum atomic E-state index is 12.4. The van der Waals surface area contributed by atoms with E-state index in [1.54, 1.807) is 25.3 Å². The van der Waals surface area contributed by atoms with Crippen LogP contribution in [0, 0.1) is 5.92 Å². The van der Waals surface area contributed by atoms with Crippen LogP contribution in [0.2, 0.25) is 0 Å². The van der Waals surface area contributed by atoms with Gasteiger partial charge in [-0.15, -0.1) is 0 Å². The molecule has 4 nitrogen and oxygen atoms in total.